The number of allylic oxidation sites excluding steroid dienone is 2. The van der Waals surface area contributed by atoms with Crippen LogP contribution in [0.15, 0.2) is 36.4 Å². The van der Waals surface area contributed by atoms with E-state index in [0.717, 1.165) is 18.4 Å². The number of benzene rings is 1. The lowest BCUT2D eigenvalue weighted by atomic mass is 9.84. The van der Waals surface area contributed by atoms with E-state index in [9.17, 15) is 17.6 Å². The maximum Gasteiger partial charge on any atom is 0.389 e. The van der Waals surface area contributed by atoms with Crippen molar-refractivity contribution in [3.63, 3.8) is 0 Å². The molecule has 0 spiro atoms. The molecule has 0 nitrogen and oxygen atoms in total. The monoisotopic (exact) mass is 272 g/mol. The Bertz CT molecular complexity index is 430. The topological polar surface area (TPSA) is 0 Å². The van der Waals surface area contributed by atoms with Crippen LogP contribution in [0.4, 0.5) is 17.6 Å². The first-order chi connectivity index (χ1) is 8.92. The van der Waals surface area contributed by atoms with Gasteiger partial charge in [0.15, 0.2) is 0 Å². The number of hydrogen-bond acceptors (Lipinski definition) is 0. The van der Waals surface area contributed by atoms with Crippen LogP contribution in [0, 0.1) is 17.7 Å². The fourth-order valence-corrected chi connectivity index (χ4v) is 2.50. The standard InChI is InChI=1S/C15H16F4/c16-14-7-5-12(6-8-14)9-11-1-3-13(4-2-11)10-15(17,18)19/h1,3,5-8,11,13H,2,4,9-10H2. The summed E-state index contributed by atoms with van der Waals surface area (Å²) in [5, 5.41) is 0. The Labute approximate surface area is 110 Å². The van der Waals surface area contributed by atoms with E-state index in [0.29, 0.717) is 6.42 Å². The Balaban J connectivity index is 1.88. The molecule has 1 aliphatic rings. The van der Waals surface area contributed by atoms with Crippen LogP contribution in [0.3, 0.4) is 0 Å². The van der Waals surface area contributed by atoms with Gasteiger partial charge >= 0.3 is 6.18 Å². The summed E-state index contributed by atoms with van der Waals surface area (Å²) in [4.78, 5) is 0. The van der Waals surface area contributed by atoms with Crippen molar-refractivity contribution in [2.75, 3.05) is 0 Å². The second-order valence-corrected chi connectivity index (χ2v) is 5.13. The highest BCUT2D eigenvalue weighted by atomic mass is 19.4. The van der Waals surface area contributed by atoms with E-state index in [-0.39, 0.29) is 17.7 Å². The van der Waals surface area contributed by atoms with Gasteiger partial charge in [0.2, 0.25) is 0 Å². The molecule has 4 heteroatoms. The Kier molecular flexibility index (Phi) is 4.27. The summed E-state index contributed by atoms with van der Waals surface area (Å²) >= 11 is 0. The largest absolute Gasteiger partial charge is 0.389 e. The van der Waals surface area contributed by atoms with Crippen LogP contribution in [-0.2, 0) is 6.42 Å². The van der Waals surface area contributed by atoms with Gasteiger partial charge in [-0.1, -0.05) is 24.3 Å². The lowest BCUT2D eigenvalue weighted by Crippen LogP contribution is -2.18. The van der Waals surface area contributed by atoms with E-state index < -0.39 is 12.6 Å². The zero-order valence-electron chi connectivity index (χ0n) is 10.5. The van der Waals surface area contributed by atoms with Crippen LogP contribution in [-0.4, -0.2) is 6.18 Å². The lowest BCUT2D eigenvalue weighted by molar-refractivity contribution is -0.142. The third kappa shape index (κ3) is 4.69. The zero-order valence-corrected chi connectivity index (χ0v) is 10.5. The number of hydrogen-bond donors (Lipinski definition) is 0. The predicted molar refractivity (Wildman–Crippen MR) is 66.1 cm³/mol. The highest BCUT2D eigenvalue weighted by Gasteiger charge is 2.31. The summed E-state index contributed by atoms with van der Waals surface area (Å²) in [5.74, 6) is -0.396. The third-order valence-electron chi connectivity index (χ3n) is 3.47. The Morgan fingerprint density at radius 2 is 1.53 bits per heavy atom. The van der Waals surface area contributed by atoms with Gasteiger partial charge in [-0.05, 0) is 48.8 Å². The molecule has 2 rings (SSSR count). The van der Waals surface area contributed by atoms with E-state index >= 15 is 0 Å². The molecule has 2 atom stereocenters. The normalized spacial score (nSPS) is 23.6. The minimum Gasteiger partial charge on any atom is -0.207 e. The van der Waals surface area contributed by atoms with Crippen LogP contribution in [0.25, 0.3) is 0 Å². The average molecular weight is 272 g/mol. The quantitative estimate of drug-likeness (QED) is 0.542. The van der Waals surface area contributed by atoms with E-state index in [1.54, 1.807) is 18.2 Å². The van der Waals surface area contributed by atoms with Crippen molar-refractivity contribution in [2.45, 2.75) is 31.9 Å². The SMILES string of the molecule is Fc1ccc(CC2C=CC(CC(F)(F)F)CC2)cc1. The maximum atomic E-state index is 12.8. The summed E-state index contributed by atoms with van der Waals surface area (Å²) < 4.78 is 49.5. The summed E-state index contributed by atoms with van der Waals surface area (Å²) in [5.41, 5.74) is 1.02. The van der Waals surface area contributed by atoms with Gasteiger partial charge in [0, 0.05) is 6.42 Å². The highest BCUT2D eigenvalue weighted by Crippen LogP contribution is 2.33. The van der Waals surface area contributed by atoms with Gasteiger partial charge in [0.05, 0.1) is 0 Å². The van der Waals surface area contributed by atoms with Gasteiger partial charge < -0.3 is 0 Å². The minimum atomic E-state index is -4.08. The predicted octanol–water partition coefficient (Wildman–Crippen LogP) is 4.90. The molecule has 104 valence electrons. The molecule has 0 aliphatic heterocycles. The summed E-state index contributed by atoms with van der Waals surface area (Å²) in [6, 6.07) is 6.28. The summed E-state index contributed by atoms with van der Waals surface area (Å²) in [6.07, 6.45) is 0.839. The maximum absolute atomic E-state index is 12.8. The van der Waals surface area contributed by atoms with Crippen LogP contribution in [0.1, 0.15) is 24.8 Å². The van der Waals surface area contributed by atoms with Gasteiger partial charge in [-0.25, -0.2) is 4.39 Å². The molecule has 0 bridgehead atoms. The summed E-state index contributed by atoms with van der Waals surface area (Å²) in [6.45, 7) is 0. The van der Waals surface area contributed by atoms with E-state index in [1.807, 2.05) is 6.08 Å². The first kappa shape index (κ1) is 14.1. The summed E-state index contributed by atoms with van der Waals surface area (Å²) in [7, 11) is 0. The van der Waals surface area contributed by atoms with Crippen molar-refractivity contribution in [3.05, 3.63) is 47.8 Å². The molecule has 0 heterocycles. The minimum absolute atomic E-state index is 0.259. The molecular formula is C15H16F4. The molecule has 1 aliphatic carbocycles. The first-order valence-electron chi connectivity index (χ1n) is 6.42. The smallest absolute Gasteiger partial charge is 0.207 e. The molecule has 0 N–H and O–H groups in total. The number of halogens is 4. The molecule has 0 radical (unpaired) electrons. The molecule has 19 heavy (non-hydrogen) atoms. The third-order valence-corrected chi connectivity index (χ3v) is 3.47. The number of rotatable bonds is 3. The second-order valence-electron chi connectivity index (χ2n) is 5.13. The van der Waals surface area contributed by atoms with Gasteiger partial charge in [0.25, 0.3) is 0 Å². The molecule has 0 aromatic heterocycles. The highest BCUT2D eigenvalue weighted by molar-refractivity contribution is 5.18. The Hall–Kier alpha value is -1.32. The van der Waals surface area contributed by atoms with Crippen molar-refractivity contribution in [1.29, 1.82) is 0 Å². The van der Waals surface area contributed by atoms with E-state index in [1.165, 1.54) is 12.1 Å². The molecule has 0 amide bonds. The van der Waals surface area contributed by atoms with Gasteiger partial charge in [0.1, 0.15) is 5.82 Å². The van der Waals surface area contributed by atoms with Crippen molar-refractivity contribution in [3.8, 4) is 0 Å². The molecule has 2 unspecified atom stereocenters. The van der Waals surface area contributed by atoms with Gasteiger partial charge in [-0.15, -0.1) is 0 Å². The fourth-order valence-electron chi connectivity index (χ4n) is 2.50. The zero-order chi connectivity index (χ0) is 13.9. The van der Waals surface area contributed by atoms with Crippen LogP contribution >= 0.6 is 0 Å². The van der Waals surface area contributed by atoms with Gasteiger partial charge in [-0.2, -0.15) is 13.2 Å². The Morgan fingerprint density at radius 1 is 0.947 bits per heavy atom. The van der Waals surface area contributed by atoms with Crippen LogP contribution in [0.5, 0.6) is 0 Å². The molecule has 1 aromatic carbocycles. The fraction of sp³-hybridized carbons (Fsp3) is 0.467. The molecule has 1 aromatic rings. The lowest BCUT2D eigenvalue weighted by Gasteiger charge is -2.23. The van der Waals surface area contributed by atoms with Crippen molar-refractivity contribution < 1.29 is 17.6 Å². The van der Waals surface area contributed by atoms with Crippen LogP contribution < -0.4 is 0 Å². The number of alkyl halides is 3. The van der Waals surface area contributed by atoms with Crippen molar-refractivity contribution in [1.82, 2.24) is 0 Å². The molecule has 0 fully saturated rings. The van der Waals surface area contributed by atoms with Crippen molar-refractivity contribution >= 4 is 0 Å². The second kappa shape index (κ2) is 5.76. The van der Waals surface area contributed by atoms with Crippen LogP contribution in [0.2, 0.25) is 0 Å². The first-order valence-corrected chi connectivity index (χ1v) is 6.42. The average Bonchev–Trinajstić information content (AvgIpc) is 2.33. The molecule has 0 saturated carbocycles. The van der Waals surface area contributed by atoms with Crippen molar-refractivity contribution in [2.24, 2.45) is 11.8 Å². The molecule has 0 saturated heterocycles. The van der Waals surface area contributed by atoms with E-state index in [2.05, 4.69) is 0 Å². The Morgan fingerprint density at radius 3 is 2.05 bits per heavy atom. The van der Waals surface area contributed by atoms with Gasteiger partial charge in [-0.3, -0.25) is 0 Å². The molecular weight excluding hydrogens is 256 g/mol. The van der Waals surface area contributed by atoms with E-state index in [4.69, 9.17) is 0 Å².